The van der Waals surface area contributed by atoms with Gasteiger partial charge in [-0.3, -0.25) is 4.55 Å². The first-order valence-corrected chi connectivity index (χ1v) is 11.5. The van der Waals surface area contributed by atoms with E-state index in [2.05, 4.69) is 34.6 Å². The third-order valence-corrected chi connectivity index (χ3v) is 7.10. The van der Waals surface area contributed by atoms with Crippen molar-refractivity contribution in [1.29, 1.82) is 0 Å². The van der Waals surface area contributed by atoms with Gasteiger partial charge in [0.25, 0.3) is 10.1 Å². The van der Waals surface area contributed by atoms with E-state index in [1.807, 2.05) is 12.1 Å². The van der Waals surface area contributed by atoms with E-state index in [4.69, 9.17) is 0 Å². The van der Waals surface area contributed by atoms with Gasteiger partial charge in [0.15, 0.2) is 0 Å². The molecule has 1 aromatic carbocycles. The molecule has 0 saturated carbocycles. The van der Waals surface area contributed by atoms with Crippen LogP contribution in [-0.4, -0.2) is 13.0 Å². The predicted octanol–water partition coefficient (Wildman–Crippen LogP) is 6.77. The van der Waals surface area contributed by atoms with Gasteiger partial charge < -0.3 is 0 Å². The van der Waals surface area contributed by atoms with Gasteiger partial charge in [0.1, 0.15) is 0 Å². The van der Waals surface area contributed by atoms with Crippen LogP contribution in [0.3, 0.4) is 0 Å². The highest BCUT2D eigenvalue weighted by Crippen LogP contribution is 2.46. The summed E-state index contributed by atoms with van der Waals surface area (Å²) in [5.74, 6) is 0. The van der Waals surface area contributed by atoms with Crippen LogP contribution in [0.5, 0.6) is 0 Å². The maximum atomic E-state index is 11.8. The van der Waals surface area contributed by atoms with E-state index in [-0.39, 0.29) is 15.7 Å². The summed E-state index contributed by atoms with van der Waals surface area (Å²) in [6, 6.07) is 6.84. The molecule has 4 heteroatoms. The molecule has 0 heterocycles. The molecule has 0 saturated heterocycles. The number of hydrogen-bond donors (Lipinski definition) is 1. The van der Waals surface area contributed by atoms with E-state index in [1.54, 1.807) is 6.07 Å². The van der Waals surface area contributed by atoms with Crippen LogP contribution < -0.4 is 0 Å². The second kappa shape index (κ2) is 9.89. The maximum Gasteiger partial charge on any atom is 0.294 e. The van der Waals surface area contributed by atoms with Gasteiger partial charge in [0.2, 0.25) is 0 Å². The molecule has 0 aliphatic carbocycles. The van der Waals surface area contributed by atoms with Gasteiger partial charge >= 0.3 is 0 Å². The fourth-order valence-electron chi connectivity index (χ4n) is 3.59. The highest BCUT2D eigenvalue weighted by molar-refractivity contribution is 7.85. The molecule has 1 aromatic rings. The van der Waals surface area contributed by atoms with Gasteiger partial charge in [-0.15, -0.1) is 0 Å². The van der Waals surface area contributed by atoms with Crippen molar-refractivity contribution in [3.8, 4) is 0 Å². The van der Waals surface area contributed by atoms with Crippen molar-refractivity contribution < 1.29 is 13.0 Å². The van der Waals surface area contributed by atoms with Crippen LogP contribution in [0.2, 0.25) is 0 Å². The van der Waals surface area contributed by atoms with Crippen LogP contribution in [0.4, 0.5) is 0 Å². The topological polar surface area (TPSA) is 54.4 Å². The first kappa shape index (κ1) is 23.2. The smallest absolute Gasteiger partial charge is 0.282 e. The Balaban J connectivity index is 2.70. The Hall–Kier alpha value is -0.870. The van der Waals surface area contributed by atoms with Gasteiger partial charge in [0, 0.05) is 0 Å². The molecule has 0 bridgehead atoms. The van der Waals surface area contributed by atoms with Crippen LogP contribution in [-0.2, 0) is 15.5 Å². The van der Waals surface area contributed by atoms with Crippen LogP contribution >= 0.6 is 0 Å². The molecule has 0 fully saturated rings. The van der Waals surface area contributed by atoms with E-state index in [1.165, 1.54) is 51.0 Å². The first-order chi connectivity index (χ1) is 12.0. The zero-order chi connectivity index (χ0) is 19.8. The average Bonchev–Trinajstić information content (AvgIpc) is 2.56. The highest BCUT2D eigenvalue weighted by atomic mass is 32.2. The summed E-state index contributed by atoms with van der Waals surface area (Å²) >= 11 is 0. The Kier molecular flexibility index (Phi) is 8.81. The van der Waals surface area contributed by atoms with Crippen molar-refractivity contribution in [3.63, 3.8) is 0 Å². The Morgan fingerprint density at radius 3 is 1.88 bits per heavy atom. The molecule has 26 heavy (non-hydrogen) atoms. The standard InChI is InChI=1S/C22H38O3S/c1-6-7-8-9-10-11-12-15-18-21(2,3)22(4,5)19-16-13-14-17-20(19)26(23,24)25/h13-14,16-17H,6-12,15,18H2,1-5H3,(H,23,24,25). The average molecular weight is 383 g/mol. The fraction of sp³-hybridized carbons (Fsp3) is 0.727. The third-order valence-electron chi connectivity index (χ3n) is 6.19. The quantitative estimate of drug-likeness (QED) is 0.320. The molecule has 1 N–H and O–H groups in total. The van der Waals surface area contributed by atoms with Gasteiger partial charge in [-0.1, -0.05) is 104 Å². The highest BCUT2D eigenvalue weighted by Gasteiger charge is 2.40. The van der Waals surface area contributed by atoms with E-state index >= 15 is 0 Å². The SMILES string of the molecule is CCCCCCCCCCC(C)(C)C(C)(C)c1ccccc1S(=O)(=O)O. The van der Waals surface area contributed by atoms with Gasteiger partial charge in [-0.2, -0.15) is 8.42 Å². The predicted molar refractivity (Wildman–Crippen MR) is 110 cm³/mol. The van der Waals surface area contributed by atoms with E-state index < -0.39 is 10.1 Å². The molecule has 0 aliphatic heterocycles. The lowest BCUT2D eigenvalue weighted by Crippen LogP contribution is -2.37. The molecule has 0 aliphatic rings. The zero-order valence-electron chi connectivity index (χ0n) is 17.3. The number of rotatable bonds is 12. The van der Waals surface area contributed by atoms with Crippen molar-refractivity contribution in [2.45, 2.75) is 103 Å². The Morgan fingerprint density at radius 1 is 0.846 bits per heavy atom. The first-order valence-electron chi connectivity index (χ1n) is 10.1. The lowest BCUT2D eigenvalue weighted by molar-refractivity contribution is 0.171. The lowest BCUT2D eigenvalue weighted by atomic mass is 9.62. The second-order valence-electron chi connectivity index (χ2n) is 8.70. The normalized spacial score (nSPS) is 13.2. The van der Waals surface area contributed by atoms with Crippen molar-refractivity contribution in [2.75, 3.05) is 0 Å². The van der Waals surface area contributed by atoms with Gasteiger partial charge in [-0.25, -0.2) is 0 Å². The Labute approximate surface area is 161 Å². The van der Waals surface area contributed by atoms with Crippen LogP contribution in [0.15, 0.2) is 29.2 Å². The minimum Gasteiger partial charge on any atom is -0.282 e. The van der Waals surface area contributed by atoms with Gasteiger partial charge in [0.05, 0.1) is 4.90 Å². The third kappa shape index (κ3) is 6.38. The molecule has 0 radical (unpaired) electrons. The summed E-state index contributed by atoms with van der Waals surface area (Å²) in [5, 5.41) is 0. The summed E-state index contributed by atoms with van der Waals surface area (Å²) < 4.78 is 33.2. The molecular formula is C22H38O3S. The molecule has 3 nitrogen and oxygen atoms in total. The lowest BCUT2D eigenvalue weighted by Gasteiger charge is -2.43. The van der Waals surface area contributed by atoms with Crippen LogP contribution in [0.25, 0.3) is 0 Å². The molecular weight excluding hydrogens is 344 g/mol. The maximum absolute atomic E-state index is 11.8. The Bertz CT molecular complexity index is 645. The molecule has 0 atom stereocenters. The summed E-state index contributed by atoms with van der Waals surface area (Å²) in [6.07, 6.45) is 11.3. The fourth-order valence-corrected chi connectivity index (χ4v) is 4.44. The monoisotopic (exact) mass is 382 g/mol. The molecule has 0 spiro atoms. The molecule has 0 aromatic heterocycles. The summed E-state index contributed by atoms with van der Waals surface area (Å²) in [4.78, 5) is 0.0361. The largest absolute Gasteiger partial charge is 0.294 e. The summed E-state index contributed by atoms with van der Waals surface area (Å²) in [5.41, 5.74) is 0.267. The van der Waals surface area contributed by atoms with Crippen molar-refractivity contribution >= 4 is 10.1 Å². The number of benzene rings is 1. The van der Waals surface area contributed by atoms with Crippen molar-refractivity contribution in [1.82, 2.24) is 0 Å². The van der Waals surface area contributed by atoms with Crippen molar-refractivity contribution in [3.05, 3.63) is 29.8 Å². The van der Waals surface area contributed by atoms with E-state index in [0.29, 0.717) is 5.56 Å². The molecule has 1 rings (SSSR count). The van der Waals surface area contributed by atoms with Crippen LogP contribution in [0, 0.1) is 5.41 Å². The Morgan fingerprint density at radius 2 is 1.35 bits per heavy atom. The van der Waals surface area contributed by atoms with Gasteiger partial charge in [-0.05, 0) is 28.9 Å². The molecule has 150 valence electrons. The van der Waals surface area contributed by atoms with Crippen molar-refractivity contribution in [2.24, 2.45) is 5.41 Å². The number of hydrogen-bond acceptors (Lipinski definition) is 2. The summed E-state index contributed by atoms with van der Waals surface area (Å²) in [6.45, 7) is 10.8. The minimum atomic E-state index is -4.22. The molecule has 0 amide bonds. The van der Waals surface area contributed by atoms with E-state index in [9.17, 15) is 13.0 Å². The second-order valence-corrected chi connectivity index (χ2v) is 10.1. The van der Waals surface area contributed by atoms with E-state index in [0.717, 1.165) is 12.8 Å². The molecule has 0 unspecified atom stereocenters. The number of unbranched alkanes of at least 4 members (excludes halogenated alkanes) is 7. The summed E-state index contributed by atoms with van der Waals surface area (Å²) in [7, 11) is -4.22. The zero-order valence-corrected chi connectivity index (χ0v) is 18.2. The van der Waals surface area contributed by atoms with Crippen LogP contribution in [0.1, 0.15) is 98.0 Å². The minimum absolute atomic E-state index is 0.0361.